The third-order valence-electron chi connectivity index (χ3n) is 4.94. The van der Waals surface area contributed by atoms with Crippen LogP contribution in [0, 0.1) is 11.8 Å². The predicted octanol–water partition coefficient (Wildman–Crippen LogP) is 0.351. The molecular formula is C17H28O6. The van der Waals surface area contributed by atoms with Crippen molar-refractivity contribution in [1.29, 1.82) is 0 Å². The van der Waals surface area contributed by atoms with Gasteiger partial charge in [0.2, 0.25) is 0 Å². The maximum atomic E-state index is 9.99. The Bertz CT molecular complexity index is 446. The number of aliphatic hydroxyl groups is 4. The molecule has 2 rings (SSSR count). The third kappa shape index (κ3) is 4.21. The standard InChI is InChI=1S/C17H28O6/c1-9(2)11-5-4-10(3)12(6-11)8-22-17-16(21)15(20)14(19)13(7-18)23-17/h4,11-21H,1,5-8H2,2-3H3/t11-,12+,13-,14-,15+,16-,17-/m1/s1. The van der Waals surface area contributed by atoms with Crippen molar-refractivity contribution in [2.24, 2.45) is 11.8 Å². The molecule has 1 saturated heterocycles. The molecule has 132 valence electrons. The predicted molar refractivity (Wildman–Crippen MR) is 84.5 cm³/mol. The molecule has 23 heavy (non-hydrogen) atoms. The van der Waals surface area contributed by atoms with Gasteiger partial charge in [0.05, 0.1) is 13.2 Å². The number of hydrogen-bond acceptors (Lipinski definition) is 6. The van der Waals surface area contributed by atoms with E-state index in [1.165, 1.54) is 5.57 Å². The van der Waals surface area contributed by atoms with E-state index >= 15 is 0 Å². The van der Waals surface area contributed by atoms with Crippen molar-refractivity contribution < 1.29 is 29.9 Å². The molecule has 0 saturated carbocycles. The van der Waals surface area contributed by atoms with Crippen LogP contribution < -0.4 is 0 Å². The summed E-state index contributed by atoms with van der Waals surface area (Å²) >= 11 is 0. The molecule has 0 aromatic rings. The molecule has 0 unspecified atom stereocenters. The molecule has 0 radical (unpaired) electrons. The van der Waals surface area contributed by atoms with Gasteiger partial charge in [0.15, 0.2) is 6.29 Å². The lowest BCUT2D eigenvalue weighted by molar-refractivity contribution is -0.302. The summed E-state index contributed by atoms with van der Waals surface area (Å²) in [7, 11) is 0. The Labute approximate surface area is 137 Å². The Hall–Kier alpha value is -0.760. The van der Waals surface area contributed by atoms with Crippen LogP contribution in [0.1, 0.15) is 26.7 Å². The molecule has 1 heterocycles. The molecule has 6 heteroatoms. The van der Waals surface area contributed by atoms with Crippen LogP contribution in [-0.2, 0) is 9.47 Å². The zero-order chi connectivity index (χ0) is 17.1. The maximum absolute atomic E-state index is 9.99. The van der Waals surface area contributed by atoms with Crippen LogP contribution in [0.5, 0.6) is 0 Å². The van der Waals surface area contributed by atoms with E-state index < -0.39 is 37.3 Å². The van der Waals surface area contributed by atoms with Crippen LogP contribution in [0.25, 0.3) is 0 Å². The molecule has 0 amide bonds. The Balaban J connectivity index is 1.95. The summed E-state index contributed by atoms with van der Waals surface area (Å²) in [5.41, 5.74) is 2.37. The van der Waals surface area contributed by atoms with Crippen molar-refractivity contribution in [2.75, 3.05) is 13.2 Å². The SMILES string of the molecule is C=C(C)[C@@H]1CC=C(C)[C@H](CO[C@@H]2O[C@H](CO)[C@@H](O)[C@H](O)[C@H]2O)C1. The van der Waals surface area contributed by atoms with Gasteiger partial charge >= 0.3 is 0 Å². The topological polar surface area (TPSA) is 99.4 Å². The van der Waals surface area contributed by atoms with E-state index in [-0.39, 0.29) is 5.92 Å². The van der Waals surface area contributed by atoms with E-state index in [1.54, 1.807) is 0 Å². The number of ether oxygens (including phenoxy) is 2. The summed E-state index contributed by atoms with van der Waals surface area (Å²) < 4.78 is 11.0. The van der Waals surface area contributed by atoms with E-state index in [0.717, 1.165) is 18.4 Å². The second-order valence-corrected chi connectivity index (χ2v) is 6.69. The van der Waals surface area contributed by atoms with Gasteiger partial charge in [-0.15, -0.1) is 0 Å². The van der Waals surface area contributed by atoms with Crippen LogP contribution in [0.4, 0.5) is 0 Å². The van der Waals surface area contributed by atoms with Crippen molar-refractivity contribution >= 4 is 0 Å². The Morgan fingerprint density at radius 2 is 2.00 bits per heavy atom. The van der Waals surface area contributed by atoms with Crippen molar-refractivity contribution in [2.45, 2.75) is 57.4 Å². The van der Waals surface area contributed by atoms with Gasteiger partial charge in [0.25, 0.3) is 0 Å². The molecular weight excluding hydrogens is 300 g/mol. The Morgan fingerprint density at radius 1 is 1.30 bits per heavy atom. The number of allylic oxidation sites excluding steroid dienone is 2. The minimum atomic E-state index is -1.41. The van der Waals surface area contributed by atoms with Crippen LogP contribution in [0.15, 0.2) is 23.8 Å². The first-order chi connectivity index (χ1) is 10.8. The van der Waals surface area contributed by atoms with Gasteiger partial charge < -0.3 is 29.9 Å². The van der Waals surface area contributed by atoms with Gasteiger partial charge in [-0.3, -0.25) is 0 Å². The Kier molecular flexibility index (Phi) is 6.36. The molecule has 0 spiro atoms. The molecule has 0 aromatic carbocycles. The fraction of sp³-hybridized carbons (Fsp3) is 0.765. The highest BCUT2D eigenvalue weighted by atomic mass is 16.7. The summed E-state index contributed by atoms with van der Waals surface area (Å²) in [6, 6.07) is 0. The number of aliphatic hydroxyl groups excluding tert-OH is 4. The highest BCUT2D eigenvalue weighted by molar-refractivity contribution is 5.13. The summed E-state index contributed by atoms with van der Waals surface area (Å²) in [5.74, 6) is 0.611. The van der Waals surface area contributed by atoms with Crippen molar-refractivity contribution in [1.82, 2.24) is 0 Å². The van der Waals surface area contributed by atoms with Gasteiger partial charge in [0.1, 0.15) is 24.4 Å². The fourth-order valence-electron chi connectivity index (χ4n) is 3.14. The molecule has 1 fully saturated rings. The van der Waals surface area contributed by atoms with E-state index in [9.17, 15) is 20.4 Å². The largest absolute Gasteiger partial charge is 0.394 e. The van der Waals surface area contributed by atoms with E-state index in [2.05, 4.69) is 19.6 Å². The molecule has 7 atom stereocenters. The second-order valence-electron chi connectivity index (χ2n) is 6.69. The van der Waals surface area contributed by atoms with Crippen LogP contribution in [0.2, 0.25) is 0 Å². The third-order valence-corrected chi connectivity index (χ3v) is 4.94. The lowest BCUT2D eigenvalue weighted by Gasteiger charge is -2.40. The first-order valence-corrected chi connectivity index (χ1v) is 8.09. The smallest absolute Gasteiger partial charge is 0.186 e. The lowest BCUT2D eigenvalue weighted by atomic mass is 9.79. The van der Waals surface area contributed by atoms with E-state index in [1.807, 2.05) is 6.92 Å². The lowest BCUT2D eigenvalue weighted by Crippen LogP contribution is -2.59. The Morgan fingerprint density at radius 3 is 2.61 bits per heavy atom. The van der Waals surface area contributed by atoms with Gasteiger partial charge in [-0.25, -0.2) is 0 Å². The molecule has 0 aromatic heterocycles. The molecule has 2 aliphatic rings. The number of rotatable bonds is 5. The minimum Gasteiger partial charge on any atom is -0.394 e. The normalized spacial score (nSPS) is 41.5. The van der Waals surface area contributed by atoms with Crippen LogP contribution in [0.3, 0.4) is 0 Å². The monoisotopic (exact) mass is 328 g/mol. The molecule has 0 bridgehead atoms. The van der Waals surface area contributed by atoms with Gasteiger partial charge in [-0.2, -0.15) is 0 Å². The van der Waals surface area contributed by atoms with Crippen LogP contribution in [-0.4, -0.2) is 64.3 Å². The zero-order valence-corrected chi connectivity index (χ0v) is 13.8. The van der Waals surface area contributed by atoms with Gasteiger partial charge in [-0.05, 0) is 32.6 Å². The first-order valence-electron chi connectivity index (χ1n) is 8.09. The van der Waals surface area contributed by atoms with Gasteiger partial charge in [0, 0.05) is 5.92 Å². The van der Waals surface area contributed by atoms with Gasteiger partial charge in [-0.1, -0.05) is 23.8 Å². The van der Waals surface area contributed by atoms with Crippen molar-refractivity contribution in [3.63, 3.8) is 0 Å². The van der Waals surface area contributed by atoms with Crippen molar-refractivity contribution in [3.8, 4) is 0 Å². The second kappa shape index (κ2) is 7.88. The minimum absolute atomic E-state index is 0.192. The zero-order valence-electron chi connectivity index (χ0n) is 13.8. The molecule has 6 nitrogen and oxygen atoms in total. The fourth-order valence-corrected chi connectivity index (χ4v) is 3.14. The molecule has 1 aliphatic heterocycles. The number of hydrogen-bond donors (Lipinski definition) is 4. The molecule has 1 aliphatic carbocycles. The summed E-state index contributed by atoms with van der Waals surface area (Å²) in [5, 5.41) is 38.7. The average molecular weight is 328 g/mol. The van der Waals surface area contributed by atoms with E-state index in [0.29, 0.717) is 12.5 Å². The highest BCUT2D eigenvalue weighted by Crippen LogP contribution is 2.33. The summed E-state index contributed by atoms with van der Waals surface area (Å²) in [4.78, 5) is 0. The van der Waals surface area contributed by atoms with Crippen molar-refractivity contribution in [3.05, 3.63) is 23.8 Å². The highest BCUT2D eigenvalue weighted by Gasteiger charge is 2.44. The maximum Gasteiger partial charge on any atom is 0.186 e. The van der Waals surface area contributed by atoms with Crippen LogP contribution >= 0.6 is 0 Å². The molecule has 4 N–H and O–H groups in total. The van der Waals surface area contributed by atoms with E-state index in [4.69, 9.17) is 9.47 Å². The first kappa shape index (κ1) is 18.6. The summed E-state index contributed by atoms with van der Waals surface area (Å²) in [6.07, 6.45) is -2.03. The summed E-state index contributed by atoms with van der Waals surface area (Å²) in [6.45, 7) is 7.98. The quantitative estimate of drug-likeness (QED) is 0.544. The average Bonchev–Trinajstić information content (AvgIpc) is 2.53.